The molecule has 2 aromatic carbocycles. The SMILES string of the molecule is CCCC(C)(C(=O)N[C@H](CC)c1ccccc1)c1ccc(Cl)c(Cl)c1. The third-order valence-electron chi connectivity index (χ3n) is 4.72. The van der Waals surface area contributed by atoms with Crippen LogP contribution in [0.15, 0.2) is 48.5 Å². The Labute approximate surface area is 160 Å². The first-order chi connectivity index (χ1) is 11.9. The highest BCUT2D eigenvalue weighted by Crippen LogP contribution is 2.34. The van der Waals surface area contributed by atoms with Gasteiger partial charge < -0.3 is 5.32 Å². The third kappa shape index (κ3) is 4.56. The lowest BCUT2D eigenvalue weighted by Gasteiger charge is -2.31. The summed E-state index contributed by atoms with van der Waals surface area (Å²) >= 11 is 12.2. The van der Waals surface area contributed by atoms with E-state index < -0.39 is 5.41 Å². The number of nitrogens with one attached hydrogen (secondary N) is 1. The minimum atomic E-state index is -0.648. The zero-order chi connectivity index (χ0) is 18.4. The highest BCUT2D eigenvalue weighted by molar-refractivity contribution is 6.42. The van der Waals surface area contributed by atoms with Crippen molar-refractivity contribution in [3.8, 4) is 0 Å². The zero-order valence-corrected chi connectivity index (χ0v) is 16.5. The van der Waals surface area contributed by atoms with Crippen molar-refractivity contribution in [1.29, 1.82) is 0 Å². The normalized spacial score (nSPS) is 14.6. The number of amides is 1. The maximum absolute atomic E-state index is 13.2. The van der Waals surface area contributed by atoms with Gasteiger partial charge in [-0.1, -0.05) is 79.9 Å². The fraction of sp³-hybridized carbons (Fsp3) is 0.381. The third-order valence-corrected chi connectivity index (χ3v) is 5.46. The molecule has 0 aliphatic heterocycles. The van der Waals surface area contributed by atoms with Gasteiger partial charge >= 0.3 is 0 Å². The van der Waals surface area contributed by atoms with Gasteiger partial charge in [-0.2, -0.15) is 0 Å². The van der Waals surface area contributed by atoms with Crippen LogP contribution in [0.4, 0.5) is 0 Å². The Balaban J connectivity index is 2.31. The molecule has 2 atom stereocenters. The molecule has 0 saturated carbocycles. The Morgan fingerprint density at radius 2 is 1.76 bits per heavy atom. The lowest BCUT2D eigenvalue weighted by atomic mass is 9.77. The number of benzene rings is 2. The first kappa shape index (κ1) is 19.8. The summed E-state index contributed by atoms with van der Waals surface area (Å²) in [7, 11) is 0. The maximum atomic E-state index is 13.2. The number of hydrogen-bond donors (Lipinski definition) is 1. The second-order valence-corrected chi connectivity index (χ2v) is 7.37. The van der Waals surface area contributed by atoms with Crippen LogP contribution in [0, 0.1) is 0 Å². The van der Waals surface area contributed by atoms with Crippen molar-refractivity contribution in [2.45, 2.75) is 51.5 Å². The molecule has 0 saturated heterocycles. The summed E-state index contributed by atoms with van der Waals surface area (Å²) < 4.78 is 0. The predicted molar refractivity (Wildman–Crippen MR) is 106 cm³/mol. The van der Waals surface area contributed by atoms with E-state index in [0.717, 1.165) is 30.4 Å². The summed E-state index contributed by atoms with van der Waals surface area (Å²) in [5.74, 6) is 0.0171. The Hall–Kier alpha value is -1.51. The molecule has 0 bridgehead atoms. The summed E-state index contributed by atoms with van der Waals surface area (Å²) in [4.78, 5) is 13.2. The first-order valence-electron chi connectivity index (χ1n) is 8.73. The fourth-order valence-corrected chi connectivity index (χ4v) is 3.45. The van der Waals surface area contributed by atoms with E-state index >= 15 is 0 Å². The van der Waals surface area contributed by atoms with E-state index in [-0.39, 0.29) is 11.9 Å². The first-order valence-corrected chi connectivity index (χ1v) is 9.49. The smallest absolute Gasteiger partial charge is 0.230 e. The predicted octanol–water partition coefficient (Wildman–Crippen LogP) is 6.32. The molecule has 0 aliphatic rings. The van der Waals surface area contributed by atoms with Crippen molar-refractivity contribution in [3.63, 3.8) is 0 Å². The van der Waals surface area contributed by atoms with Crippen molar-refractivity contribution < 1.29 is 4.79 Å². The molecular weight excluding hydrogens is 353 g/mol. The molecule has 0 heterocycles. The van der Waals surface area contributed by atoms with Crippen LogP contribution in [0.5, 0.6) is 0 Å². The lowest BCUT2D eigenvalue weighted by Crippen LogP contribution is -2.43. The zero-order valence-electron chi connectivity index (χ0n) is 15.0. The molecule has 4 heteroatoms. The van der Waals surface area contributed by atoms with E-state index in [4.69, 9.17) is 23.2 Å². The van der Waals surface area contributed by atoms with E-state index in [0.29, 0.717) is 10.0 Å². The molecular formula is C21H25Cl2NO. The highest BCUT2D eigenvalue weighted by atomic mass is 35.5. The fourth-order valence-electron chi connectivity index (χ4n) is 3.15. The van der Waals surface area contributed by atoms with Crippen LogP contribution in [-0.2, 0) is 10.2 Å². The molecule has 0 radical (unpaired) electrons. The summed E-state index contributed by atoms with van der Waals surface area (Å²) in [6.45, 7) is 6.13. The second kappa shape index (κ2) is 8.73. The van der Waals surface area contributed by atoms with Crippen molar-refractivity contribution in [2.24, 2.45) is 0 Å². The van der Waals surface area contributed by atoms with Crippen LogP contribution in [0.25, 0.3) is 0 Å². The van der Waals surface area contributed by atoms with Crippen LogP contribution in [0.3, 0.4) is 0 Å². The molecule has 0 aromatic heterocycles. The van der Waals surface area contributed by atoms with Gasteiger partial charge in [-0.15, -0.1) is 0 Å². The van der Waals surface area contributed by atoms with Gasteiger partial charge in [-0.25, -0.2) is 0 Å². The summed E-state index contributed by atoms with van der Waals surface area (Å²) in [6.07, 6.45) is 2.47. The standard InChI is InChI=1S/C21H25Cl2NO/c1-4-13-21(3,16-11-12-17(22)18(23)14-16)20(25)24-19(5-2)15-9-7-6-8-10-15/h6-12,14,19H,4-5,13H2,1-3H3,(H,24,25)/t19-,21?/m1/s1. The van der Waals surface area contributed by atoms with Gasteiger partial charge in [-0.3, -0.25) is 4.79 Å². The van der Waals surface area contributed by atoms with Crippen molar-refractivity contribution >= 4 is 29.1 Å². The van der Waals surface area contributed by atoms with Crippen LogP contribution < -0.4 is 5.32 Å². The average molecular weight is 378 g/mol. The van der Waals surface area contributed by atoms with Gasteiger partial charge in [-0.05, 0) is 43.0 Å². The molecule has 1 N–H and O–H groups in total. The van der Waals surface area contributed by atoms with E-state index in [9.17, 15) is 4.79 Å². The van der Waals surface area contributed by atoms with E-state index in [1.165, 1.54) is 0 Å². The molecule has 25 heavy (non-hydrogen) atoms. The Morgan fingerprint density at radius 3 is 2.32 bits per heavy atom. The van der Waals surface area contributed by atoms with Gasteiger partial charge in [0.25, 0.3) is 0 Å². The number of carbonyl (C=O) groups excluding carboxylic acids is 1. The molecule has 0 spiro atoms. The molecule has 0 aliphatic carbocycles. The number of carbonyl (C=O) groups is 1. The number of halogens is 2. The summed E-state index contributed by atoms with van der Waals surface area (Å²) in [6, 6.07) is 15.5. The second-order valence-electron chi connectivity index (χ2n) is 6.56. The van der Waals surface area contributed by atoms with Crippen LogP contribution in [-0.4, -0.2) is 5.91 Å². The van der Waals surface area contributed by atoms with Crippen molar-refractivity contribution in [3.05, 3.63) is 69.7 Å². The average Bonchev–Trinajstić information content (AvgIpc) is 2.62. The van der Waals surface area contributed by atoms with E-state index in [1.54, 1.807) is 6.07 Å². The summed E-state index contributed by atoms with van der Waals surface area (Å²) in [5.41, 5.74) is 1.36. The van der Waals surface area contributed by atoms with E-state index in [1.807, 2.05) is 49.4 Å². The Morgan fingerprint density at radius 1 is 1.08 bits per heavy atom. The monoisotopic (exact) mass is 377 g/mol. The highest BCUT2D eigenvalue weighted by Gasteiger charge is 2.35. The van der Waals surface area contributed by atoms with Crippen molar-refractivity contribution in [1.82, 2.24) is 5.32 Å². The Bertz CT molecular complexity index is 717. The molecule has 2 aromatic rings. The summed E-state index contributed by atoms with van der Waals surface area (Å²) in [5, 5.41) is 4.20. The van der Waals surface area contributed by atoms with E-state index in [2.05, 4.69) is 19.2 Å². The van der Waals surface area contributed by atoms with Crippen molar-refractivity contribution in [2.75, 3.05) is 0 Å². The molecule has 1 amide bonds. The topological polar surface area (TPSA) is 29.1 Å². The Kier molecular flexibility index (Phi) is 6.92. The maximum Gasteiger partial charge on any atom is 0.230 e. The van der Waals surface area contributed by atoms with Crippen LogP contribution in [0.2, 0.25) is 10.0 Å². The molecule has 2 nitrogen and oxygen atoms in total. The lowest BCUT2D eigenvalue weighted by molar-refractivity contribution is -0.127. The largest absolute Gasteiger partial charge is 0.349 e. The molecule has 134 valence electrons. The number of hydrogen-bond acceptors (Lipinski definition) is 1. The van der Waals surface area contributed by atoms with Gasteiger partial charge in [0, 0.05) is 0 Å². The van der Waals surface area contributed by atoms with Crippen LogP contribution in [0.1, 0.15) is 57.2 Å². The molecule has 2 rings (SSSR count). The minimum absolute atomic E-state index is 0.00680. The quantitative estimate of drug-likeness (QED) is 0.600. The van der Waals surface area contributed by atoms with Gasteiger partial charge in [0.15, 0.2) is 0 Å². The minimum Gasteiger partial charge on any atom is -0.349 e. The van der Waals surface area contributed by atoms with Crippen LogP contribution >= 0.6 is 23.2 Å². The number of rotatable bonds is 7. The van der Waals surface area contributed by atoms with Gasteiger partial charge in [0.2, 0.25) is 5.91 Å². The van der Waals surface area contributed by atoms with Gasteiger partial charge in [0.05, 0.1) is 21.5 Å². The molecule has 0 fully saturated rings. The molecule has 1 unspecified atom stereocenters. The van der Waals surface area contributed by atoms with Gasteiger partial charge in [0.1, 0.15) is 0 Å².